The molecule has 2 aromatic rings. The molecule has 3 rings (SSSR count). The lowest BCUT2D eigenvalue weighted by Gasteiger charge is -2.49. The number of amides is 1. The monoisotopic (exact) mass is 343 g/mol. The molecular weight excluding hydrogens is 336 g/mol. The number of anilines is 1. The number of carbonyl (C=O) groups is 1. The molecule has 0 bridgehead atoms. The van der Waals surface area contributed by atoms with Crippen molar-refractivity contribution in [2.45, 2.75) is 10.4 Å². The number of carbonyl (C=O) groups excluding carboxylic acids is 1. The van der Waals surface area contributed by atoms with Gasteiger partial charge in [-0.15, -0.1) is 0 Å². The molecule has 108 valence electrons. The van der Waals surface area contributed by atoms with Gasteiger partial charge in [0.05, 0.1) is 0 Å². The number of benzene rings is 2. The standard InChI is InChI=1S/C15H9Cl3FNO/c16-10-3-1-9(2-4-10)13-15(17,18)14(21)20(13)12-7-5-11(19)6-8-12/h1-8,13H. The van der Waals surface area contributed by atoms with Crippen LogP contribution < -0.4 is 4.90 Å². The van der Waals surface area contributed by atoms with Gasteiger partial charge in [-0.2, -0.15) is 0 Å². The third-order valence-electron chi connectivity index (χ3n) is 3.40. The maximum absolute atomic E-state index is 13.0. The first-order chi connectivity index (χ1) is 9.91. The van der Waals surface area contributed by atoms with Crippen molar-refractivity contribution in [2.75, 3.05) is 4.90 Å². The minimum absolute atomic E-state index is 0.377. The third-order valence-corrected chi connectivity index (χ3v) is 4.38. The Kier molecular flexibility index (Phi) is 3.60. The summed E-state index contributed by atoms with van der Waals surface area (Å²) < 4.78 is 11.5. The molecule has 1 aliphatic rings. The lowest BCUT2D eigenvalue weighted by molar-refractivity contribution is -0.125. The first kappa shape index (κ1) is 14.6. The maximum Gasteiger partial charge on any atom is 0.266 e. The highest BCUT2D eigenvalue weighted by Crippen LogP contribution is 2.52. The van der Waals surface area contributed by atoms with Crippen molar-refractivity contribution in [3.63, 3.8) is 0 Å². The van der Waals surface area contributed by atoms with E-state index in [-0.39, 0.29) is 5.82 Å². The lowest BCUT2D eigenvalue weighted by Crippen LogP contribution is -2.62. The summed E-state index contributed by atoms with van der Waals surface area (Å²) in [6.07, 6.45) is 0. The summed E-state index contributed by atoms with van der Waals surface area (Å²) in [7, 11) is 0. The summed E-state index contributed by atoms with van der Waals surface area (Å²) in [6.45, 7) is 0. The number of halogens is 4. The van der Waals surface area contributed by atoms with Crippen LogP contribution in [0, 0.1) is 5.82 Å². The molecule has 0 spiro atoms. The van der Waals surface area contributed by atoms with E-state index in [4.69, 9.17) is 34.8 Å². The molecule has 1 unspecified atom stereocenters. The first-order valence-corrected chi connectivity index (χ1v) is 7.27. The Morgan fingerprint density at radius 2 is 1.57 bits per heavy atom. The predicted octanol–water partition coefficient (Wildman–Crippen LogP) is 4.74. The van der Waals surface area contributed by atoms with E-state index in [1.165, 1.54) is 29.2 Å². The van der Waals surface area contributed by atoms with Gasteiger partial charge in [-0.05, 0) is 42.0 Å². The second kappa shape index (κ2) is 5.16. The molecule has 0 aliphatic carbocycles. The average molecular weight is 345 g/mol. The van der Waals surface area contributed by atoms with Crippen molar-refractivity contribution >= 4 is 46.4 Å². The SMILES string of the molecule is O=C1N(c2ccc(F)cc2)C(c2ccc(Cl)cc2)C1(Cl)Cl. The van der Waals surface area contributed by atoms with Gasteiger partial charge in [-0.25, -0.2) is 4.39 Å². The first-order valence-electron chi connectivity index (χ1n) is 6.14. The van der Waals surface area contributed by atoms with Gasteiger partial charge in [0, 0.05) is 10.7 Å². The van der Waals surface area contributed by atoms with E-state index in [0.29, 0.717) is 10.7 Å². The van der Waals surface area contributed by atoms with Gasteiger partial charge >= 0.3 is 0 Å². The van der Waals surface area contributed by atoms with Gasteiger partial charge < -0.3 is 0 Å². The van der Waals surface area contributed by atoms with Crippen LogP contribution in [-0.2, 0) is 4.79 Å². The van der Waals surface area contributed by atoms with Crippen LogP contribution in [0.2, 0.25) is 5.02 Å². The number of nitrogens with zero attached hydrogens (tertiary/aromatic N) is 1. The van der Waals surface area contributed by atoms with E-state index in [1.54, 1.807) is 24.3 Å². The molecule has 0 saturated carbocycles. The molecule has 1 heterocycles. The molecule has 1 amide bonds. The lowest BCUT2D eigenvalue weighted by atomic mass is 9.91. The van der Waals surface area contributed by atoms with E-state index < -0.39 is 16.3 Å². The summed E-state index contributed by atoms with van der Waals surface area (Å²) in [5.74, 6) is -0.810. The number of rotatable bonds is 2. The van der Waals surface area contributed by atoms with Crippen molar-refractivity contribution in [2.24, 2.45) is 0 Å². The topological polar surface area (TPSA) is 20.3 Å². The summed E-state index contributed by atoms with van der Waals surface area (Å²) in [6, 6.07) is 12.0. The van der Waals surface area contributed by atoms with Crippen molar-refractivity contribution < 1.29 is 9.18 Å². The Hall–Kier alpha value is -1.29. The molecule has 6 heteroatoms. The van der Waals surface area contributed by atoms with E-state index in [2.05, 4.69) is 0 Å². The van der Waals surface area contributed by atoms with Crippen LogP contribution in [-0.4, -0.2) is 10.2 Å². The Morgan fingerprint density at radius 3 is 2.14 bits per heavy atom. The Labute approximate surface area is 136 Å². The molecule has 2 aromatic carbocycles. The van der Waals surface area contributed by atoms with Crippen molar-refractivity contribution in [1.82, 2.24) is 0 Å². The summed E-state index contributed by atoms with van der Waals surface area (Å²) in [5, 5.41) is 0.576. The average Bonchev–Trinajstić information content (AvgIpc) is 2.47. The summed E-state index contributed by atoms with van der Waals surface area (Å²) in [5.41, 5.74) is 1.30. The quantitative estimate of drug-likeness (QED) is 0.569. The van der Waals surface area contributed by atoms with Gasteiger partial charge in [-0.1, -0.05) is 46.9 Å². The van der Waals surface area contributed by atoms with Crippen LogP contribution in [0.4, 0.5) is 10.1 Å². The molecule has 2 nitrogen and oxygen atoms in total. The Morgan fingerprint density at radius 1 is 1.00 bits per heavy atom. The fourth-order valence-electron chi connectivity index (χ4n) is 2.36. The third kappa shape index (κ3) is 2.39. The number of β-lactam (4-membered cyclic amide) rings is 1. The van der Waals surface area contributed by atoms with Crippen LogP contribution in [0.3, 0.4) is 0 Å². The zero-order chi connectivity index (χ0) is 15.2. The molecular formula is C15H9Cl3FNO. The van der Waals surface area contributed by atoms with Crippen LogP contribution in [0.15, 0.2) is 48.5 Å². The van der Waals surface area contributed by atoms with Crippen LogP contribution >= 0.6 is 34.8 Å². The van der Waals surface area contributed by atoms with Crippen molar-refractivity contribution in [3.05, 3.63) is 64.9 Å². The van der Waals surface area contributed by atoms with E-state index in [9.17, 15) is 9.18 Å². The van der Waals surface area contributed by atoms with Crippen molar-refractivity contribution in [1.29, 1.82) is 0 Å². The normalized spacial score (nSPS) is 20.3. The summed E-state index contributed by atoms with van der Waals surface area (Å²) >= 11 is 18.1. The number of hydrogen-bond acceptors (Lipinski definition) is 1. The van der Waals surface area contributed by atoms with Crippen LogP contribution in [0.5, 0.6) is 0 Å². The zero-order valence-electron chi connectivity index (χ0n) is 10.6. The molecule has 1 atom stereocenters. The Balaban J connectivity index is 2.01. The molecule has 0 N–H and O–H groups in total. The predicted molar refractivity (Wildman–Crippen MR) is 82.5 cm³/mol. The molecule has 0 radical (unpaired) electrons. The molecule has 1 fully saturated rings. The van der Waals surface area contributed by atoms with E-state index >= 15 is 0 Å². The van der Waals surface area contributed by atoms with E-state index in [0.717, 1.165) is 5.56 Å². The fourth-order valence-corrected chi connectivity index (χ4v) is 3.12. The molecule has 0 aromatic heterocycles. The maximum atomic E-state index is 13.0. The van der Waals surface area contributed by atoms with Gasteiger partial charge in [-0.3, -0.25) is 9.69 Å². The molecule has 21 heavy (non-hydrogen) atoms. The number of alkyl halides is 2. The van der Waals surface area contributed by atoms with Gasteiger partial charge in [0.2, 0.25) is 4.33 Å². The van der Waals surface area contributed by atoms with Gasteiger partial charge in [0.1, 0.15) is 11.9 Å². The highest BCUT2D eigenvalue weighted by Gasteiger charge is 2.60. The minimum Gasteiger partial charge on any atom is -0.299 e. The molecule has 1 saturated heterocycles. The second-order valence-electron chi connectivity index (χ2n) is 4.73. The van der Waals surface area contributed by atoms with Crippen LogP contribution in [0.25, 0.3) is 0 Å². The highest BCUT2D eigenvalue weighted by molar-refractivity contribution is 6.62. The summed E-state index contributed by atoms with van der Waals surface area (Å²) in [4.78, 5) is 13.6. The highest BCUT2D eigenvalue weighted by atomic mass is 35.5. The van der Waals surface area contributed by atoms with E-state index in [1.807, 2.05) is 0 Å². The number of hydrogen-bond donors (Lipinski definition) is 0. The second-order valence-corrected chi connectivity index (χ2v) is 6.55. The molecule has 1 aliphatic heterocycles. The van der Waals surface area contributed by atoms with Gasteiger partial charge in [0.15, 0.2) is 0 Å². The van der Waals surface area contributed by atoms with Crippen LogP contribution in [0.1, 0.15) is 11.6 Å². The largest absolute Gasteiger partial charge is 0.299 e. The van der Waals surface area contributed by atoms with Gasteiger partial charge in [0.25, 0.3) is 5.91 Å². The smallest absolute Gasteiger partial charge is 0.266 e. The fraction of sp³-hybridized carbons (Fsp3) is 0.133. The minimum atomic E-state index is -1.54. The van der Waals surface area contributed by atoms with Crippen molar-refractivity contribution in [3.8, 4) is 0 Å². The zero-order valence-corrected chi connectivity index (χ0v) is 12.8. The Bertz CT molecular complexity index is 685.